The monoisotopic (exact) mass is 304 g/mol. The number of carbonyl (C=O) groups is 2. The zero-order chi connectivity index (χ0) is 15.7. The van der Waals surface area contributed by atoms with Crippen LogP contribution in [0.15, 0.2) is 12.3 Å². The molecule has 0 unspecified atom stereocenters. The fraction of sp³-hybridized carbons (Fsp3) is 0.688. The van der Waals surface area contributed by atoms with E-state index in [4.69, 9.17) is 0 Å². The van der Waals surface area contributed by atoms with Gasteiger partial charge >= 0.3 is 0 Å². The minimum absolute atomic E-state index is 0.0655. The molecule has 1 N–H and O–H groups in total. The Balaban J connectivity index is 1.77. The molecule has 0 bridgehead atoms. The number of aromatic amines is 1. The van der Waals surface area contributed by atoms with Crippen molar-refractivity contribution in [3.63, 3.8) is 0 Å². The Hall–Kier alpha value is -1.85. The van der Waals surface area contributed by atoms with E-state index in [1.54, 1.807) is 17.2 Å². The highest BCUT2D eigenvalue weighted by Gasteiger charge is 2.36. The number of aromatic nitrogens is 2. The quantitative estimate of drug-likeness (QED) is 0.917. The fourth-order valence-corrected chi connectivity index (χ4v) is 3.09. The number of H-pyrrole nitrogens is 1. The average molecular weight is 304 g/mol. The van der Waals surface area contributed by atoms with Crippen LogP contribution < -0.4 is 0 Å². The van der Waals surface area contributed by atoms with Gasteiger partial charge < -0.3 is 9.80 Å². The molecule has 120 valence electrons. The lowest BCUT2D eigenvalue weighted by molar-refractivity contribution is -0.133. The topological polar surface area (TPSA) is 69.3 Å². The Morgan fingerprint density at radius 1 is 1.45 bits per heavy atom. The minimum atomic E-state index is -0.0655. The predicted molar refractivity (Wildman–Crippen MR) is 82.2 cm³/mol. The standard InChI is InChI=1S/C16H24N4O2/c1-11(2)14-10-19(16(22)13-5-7-17-18-13)8-6-15(21)20(14)9-12-3-4-12/h5,7,11-12,14H,3-4,6,8-10H2,1-2H3,(H,17,18)/t14-/m1/s1. The number of rotatable bonds is 4. The van der Waals surface area contributed by atoms with E-state index in [1.165, 1.54) is 12.8 Å². The number of hydrogen-bond acceptors (Lipinski definition) is 3. The Kier molecular flexibility index (Phi) is 4.18. The van der Waals surface area contributed by atoms with Gasteiger partial charge in [-0.1, -0.05) is 13.8 Å². The van der Waals surface area contributed by atoms with Gasteiger partial charge in [0.25, 0.3) is 5.91 Å². The Morgan fingerprint density at radius 3 is 2.82 bits per heavy atom. The van der Waals surface area contributed by atoms with E-state index in [1.807, 2.05) is 4.90 Å². The first-order valence-electron chi connectivity index (χ1n) is 8.14. The van der Waals surface area contributed by atoms with Crippen molar-refractivity contribution in [3.8, 4) is 0 Å². The second-order valence-corrected chi connectivity index (χ2v) is 6.77. The van der Waals surface area contributed by atoms with Crippen LogP contribution >= 0.6 is 0 Å². The molecule has 0 spiro atoms. The van der Waals surface area contributed by atoms with Crippen molar-refractivity contribution in [2.24, 2.45) is 11.8 Å². The molecule has 2 aliphatic rings. The second kappa shape index (κ2) is 6.10. The first kappa shape index (κ1) is 15.1. The van der Waals surface area contributed by atoms with Gasteiger partial charge in [-0.05, 0) is 30.7 Å². The summed E-state index contributed by atoms with van der Waals surface area (Å²) in [5.74, 6) is 1.12. The maximum atomic E-state index is 12.6. The van der Waals surface area contributed by atoms with Gasteiger partial charge in [0.05, 0.1) is 6.04 Å². The molecule has 1 aliphatic heterocycles. The highest BCUT2D eigenvalue weighted by molar-refractivity contribution is 5.92. The van der Waals surface area contributed by atoms with Crippen molar-refractivity contribution in [3.05, 3.63) is 18.0 Å². The molecule has 22 heavy (non-hydrogen) atoms. The first-order valence-corrected chi connectivity index (χ1v) is 8.14. The summed E-state index contributed by atoms with van der Waals surface area (Å²) in [7, 11) is 0. The summed E-state index contributed by atoms with van der Waals surface area (Å²) in [6.45, 7) is 6.20. The van der Waals surface area contributed by atoms with Crippen LogP contribution in [0.5, 0.6) is 0 Å². The van der Waals surface area contributed by atoms with Crippen LogP contribution in [0, 0.1) is 11.8 Å². The zero-order valence-corrected chi connectivity index (χ0v) is 13.3. The summed E-state index contributed by atoms with van der Waals surface area (Å²) in [5.41, 5.74) is 0.491. The predicted octanol–water partition coefficient (Wildman–Crippen LogP) is 1.52. The third-order valence-electron chi connectivity index (χ3n) is 4.66. The average Bonchev–Trinajstić information content (AvgIpc) is 3.18. The van der Waals surface area contributed by atoms with Crippen LogP contribution in [0.2, 0.25) is 0 Å². The lowest BCUT2D eigenvalue weighted by atomic mass is 10.0. The number of hydrogen-bond donors (Lipinski definition) is 1. The van der Waals surface area contributed by atoms with E-state index in [2.05, 4.69) is 24.0 Å². The van der Waals surface area contributed by atoms with Gasteiger partial charge in [0.2, 0.25) is 5.91 Å². The molecule has 0 radical (unpaired) electrons. The molecule has 1 atom stereocenters. The SMILES string of the molecule is CC(C)[C@H]1CN(C(=O)c2ccn[nH]2)CCC(=O)N1CC1CC1. The highest BCUT2D eigenvalue weighted by atomic mass is 16.2. The summed E-state index contributed by atoms with van der Waals surface area (Å²) >= 11 is 0. The number of nitrogens with one attached hydrogen (secondary N) is 1. The van der Waals surface area contributed by atoms with Crippen LogP contribution in [0.25, 0.3) is 0 Å². The molecule has 1 aromatic rings. The maximum Gasteiger partial charge on any atom is 0.271 e. The largest absolute Gasteiger partial charge is 0.337 e. The summed E-state index contributed by atoms with van der Waals surface area (Å²) in [5, 5.41) is 6.57. The van der Waals surface area contributed by atoms with Crippen LogP contribution in [0.4, 0.5) is 0 Å². The van der Waals surface area contributed by atoms with E-state index < -0.39 is 0 Å². The molecule has 2 amide bonds. The van der Waals surface area contributed by atoms with E-state index in [0.717, 1.165) is 6.54 Å². The lowest BCUT2D eigenvalue weighted by Gasteiger charge is -2.34. The normalized spacial score (nSPS) is 23.0. The molecular formula is C16H24N4O2. The minimum Gasteiger partial charge on any atom is -0.337 e. The molecule has 1 saturated carbocycles. The van der Waals surface area contributed by atoms with E-state index >= 15 is 0 Å². The van der Waals surface area contributed by atoms with Gasteiger partial charge in [-0.15, -0.1) is 0 Å². The third-order valence-corrected chi connectivity index (χ3v) is 4.66. The molecular weight excluding hydrogens is 280 g/mol. The van der Waals surface area contributed by atoms with Crippen molar-refractivity contribution in [1.29, 1.82) is 0 Å². The van der Waals surface area contributed by atoms with Crippen molar-refractivity contribution < 1.29 is 9.59 Å². The van der Waals surface area contributed by atoms with Crippen molar-refractivity contribution in [1.82, 2.24) is 20.0 Å². The van der Waals surface area contributed by atoms with Crippen molar-refractivity contribution >= 4 is 11.8 Å². The molecule has 1 saturated heterocycles. The Bertz CT molecular complexity index is 536. The molecule has 6 nitrogen and oxygen atoms in total. The van der Waals surface area contributed by atoms with E-state index in [0.29, 0.717) is 37.0 Å². The molecule has 2 fully saturated rings. The smallest absolute Gasteiger partial charge is 0.271 e. The van der Waals surface area contributed by atoms with Gasteiger partial charge in [0.15, 0.2) is 0 Å². The molecule has 1 aliphatic carbocycles. The molecule has 1 aromatic heterocycles. The molecule has 6 heteroatoms. The maximum absolute atomic E-state index is 12.6. The van der Waals surface area contributed by atoms with Gasteiger partial charge in [-0.25, -0.2) is 0 Å². The number of amides is 2. The highest BCUT2D eigenvalue weighted by Crippen LogP contribution is 2.32. The number of nitrogens with zero attached hydrogens (tertiary/aromatic N) is 3. The Labute approximate surface area is 130 Å². The summed E-state index contributed by atoms with van der Waals surface area (Å²) in [6, 6.07) is 1.78. The lowest BCUT2D eigenvalue weighted by Crippen LogP contribution is -2.48. The fourth-order valence-electron chi connectivity index (χ4n) is 3.09. The van der Waals surface area contributed by atoms with Crippen LogP contribution in [-0.4, -0.2) is 57.5 Å². The molecule has 3 rings (SSSR count). The van der Waals surface area contributed by atoms with Gasteiger partial charge in [-0.2, -0.15) is 5.10 Å². The second-order valence-electron chi connectivity index (χ2n) is 6.77. The van der Waals surface area contributed by atoms with Crippen LogP contribution in [0.3, 0.4) is 0 Å². The van der Waals surface area contributed by atoms with Crippen LogP contribution in [0.1, 0.15) is 43.6 Å². The molecule has 0 aromatic carbocycles. The van der Waals surface area contributed by atoms with Gasteiger partial charge in [0.1, 0.15) is 5.69 Å². The van der Waals surface area contributed by atoms with Crippen molar-refractivity contribution in [2.75, 3.05) is 19.6 Å². The Morgan fingerprint density at radius 2 is 2.23 bits per heavy atom. The summed E-state index contributed by atoms with van der Waals surface area (Å²) in [6.07, 6.45) is 4.45. The van der Waals surface area contributed by atoms with E-state index in [-0.39, 0.29) is 17.9 Å². The summed E-state index contributed by atoms with van der Waals surface area (Å²) < 4.78 is 0. The zero-order valence-electron chi connectivity index (χ0n) is 13.3. The van der Waals surface area contributed by atoms with Crippen LogP contribution in [-0.2, 0) is 4.79 Å². The molecule has 2 heterocycles. The third kappa shape index (κ3) is 3.15. The first-order chi connectivity index (χ1) is 10.6. The number of carbonyl (C=O) groups excluding carboxylic acids is 2. The van der Waals surface area contributed by atoms with Gasteiger partial charge in [0, 0.05) is 32.3 Å². The summed E-state index contributed by atoms with van der Waals surface area (Å²) in [4.78, 5) is 28.9. The van der Waals surface area contributed by atoms with E-state index in [9.17, 15) is 9.59 Å². The van der Waals surface area contributed by atoms with Crippen molar-refractivity contribution in [2.45, 2.75) is 39.2 Å². The van der Waals surface area contributed by atoms with Gasteiger partial charge in [-0.3, -0.25) is 14.7 Å².